The van der Waals surface area contributed by atoms with Crippen molar-refractivity contribution in [2.75, 3.05) is 11.9 Å². The Morgan fingerprint density at radius 1 is 0.671 bits per heavy atom. The van der Waals surface area contributed by atoms with Gasteiger partial charge in [-0.25, -0.2) is 19.3 Å². The quantitative estimate of drug-likeness (QED) is 0.0457. The summed E-state index contributed by atoms with van der Waals surface area (Å²) >= 11 is 24.5. The number of hydrogen-bond donors (Lipinski definition) is 3. The number of nitrogens with one attached hydrogen (secondary N) is 2. The van der Waals surface area contributed by atoms with Gasteiger partial charge < -0.3 is 30.1 Å². The molecule has 0 spiro atoms. The molecule has 1 heterocycles. The van der Waals surface area contributed by atoms with Crippen LogP contribution in [0.4, 0.5) is 5.69 Å². The molecule has 0 aromatic heterocycles. The lowest BCUT2D eigenvalue weighted by Crippen LogP contribution is -2.44. The fourth-order valence-corrected chi connectivity index (χ4v) is 8.22. The molecule has 366 valence electrons. The highest BCUT2D eigenvalue weighted by Gasteiger charge is 2.33. The van der Waals surface area contributed by atoms with Gasteiger partial charge in [-0.2, -0.15) is 0 Å². The molecular weight excluding hydrogens is 986 g/mol. The minimum atomic E-state index is -1.06. The zero-order valence-corrected chi connectivity index (χ0v) is 41.5. The van der Waals surface area contributed by atoms with E-state index in [1.807, 2.05) is 0 Å². The number of carbonyl (C=O) groups excluding carboxylic acids is 7. The first-order valence-electron chi connectivity index (χ1n) is 21.6. The van der Waals surface area contributed by atoms with E-state index in [0.29, 0.717) is 40.9 Å². The van der Waals surface area contributed by atoms with Crippen molar-refractivity contribution in [3.05, 3.63) is 168 Å². The van der Waals surface area contributed by atoms with Crippen molar-refractivity contribution in [1.82, 2.24) is 15.5 Å². The van der Waals surface area contributed by atoms with Crippen LogP contribution in [0.3, 0.4) is 0 Å². The van der Waals surface area contributed by atoms with Crippen LogP contribution in [0.2, 0.25) is 20.1 Å². The molecular formula is C51H48Cl4N4O11. The number of imide groups is 1. The minimum absolute atomic E-state index is 0.0434. The lowest BCUT2D eigenvalue weighted by molar-refractivity contribution is -0.150. The summed E-state index contributed by atoms with van der Waals surface area (Å²) in [5, 5.41) is 14.9. The number of halogens is 4. The van der Waals surface area contributed by atoms with Gasteiger partial charge in [-0.15, -0.1) is 0 Å². The van der Waals surface area contributed by atoms with E-state index in [9.17, 15) is 38.4 Å². The second-order valence-electron chi connectivity index (χ2n) is 16.5. The number of nitrogens with zero attached hydrogens (tertiary/aromatic N) is 2. The van der Waals surface area contributed by atoms with Gasteiger partial charge in [0.25, 0.3) is 17.7 Å². The maximum Gasteiger partial charge on any atom is 0.335 e. The molecule has 5 aromatic rings. The van der Waals surface area contributed by atoms with Crippen molar-refractivity contribution in [3.8, 4) is 0 Å². The van der Waals surface area contributed by atoms with E-state index in [1.165, 1.54) is 41.3 Å². The summed E-state index contributed by atoms with van der Waals surface area (Å²) in [4.78, 5) is 102. The van der Waals surface area contributed by atoms with E-state index in [0.717, 1.165) is 10.5 Å². The molecule has 0 aliphatic carbocycles. The monoisotopic (exact) mass is 1030 g/mol. The Hall–Kier alpha value is -6.78. The Morgan fingerprint density at radius 3 is 1.51 bits per heavy atom. The number of carboxylic acids is 1. The molecule has 5 aromatic carbocycles. The minimum Gasteiger partial charge on any atom is -0.478 e. The van der Waals surface area contributed by atoms with Gasteiger partial charge in [-0.3, -0.25) is 24.0 Å². The summed E-state index contributed by atoms with van der Waals surface area (Å²) in [6.45, 7) is 7.12. The summed E-state index contributed by atoms with van der Waals surface area (Å²) in [6.07, 6.45) is 0.138. The third kappa shape index (κ3) is 14.4. The number of anilines is 1. The Morgan fingerprint density at radius 2 is 1.10 bits per heavy atom. The first kappa shape index (κ1) is 54.2. The molecule has 0 bridgehead atoms. The van der Waals surface area contributed by atoms with E-state index < -0.39 is 53.8 Å². The predicted molar refractivity (Wildman–Crippen MR) is 265 cm³/mol. The van der Waals surface area contributed by atoms with Crippen LogP contribution < -0.4 is 15.5 Å². The van der Waals surface area contributed by atoms with Crippen molar-refractivity contribution in [2.24, 2.45) is 0 Å². The average Bonchev–Trinajstić information content (AvgIpc) is 3.29. The molecule has 1 aliphatic heterocycles. The maximum atomic E-state index is 13.4. The van der Waals surface area contributed by atoms with E-state index in [-0.39, 0.29) is 68.1 Å². The van der Waals surface area contributed by atoms with Gasteiger partial charge in [-0.1, -0.05) is 94.9 Å². The molecule has 6 rings (SSSR count). The van der Waals surface area contributed by atoms with Crippen molar-refractivity contribution < 1.29 is 52.9 Å². The van der Waals surface area contributed by atoms with Gasteiger partial charge in [0.05, 0.1) is 61.1 Å². The van der Waals surface area contributed by atoms with E-state index in [4.69, 9.17) is 61.0 Å². The highest BCUT2D eigenvalue weighted by molar-refractivity contribution is 6.40. The van der Waals surface area contributed by atoms with Crippen LogP contribution in [-0.4, -0.2) is 89.3 Å². The van der Waals surface area contributed by atoms with Crippen LogP contribution in [0.5, 0.6) is 0 Å². The number of hydrogen-bond acceptors (Lipinski definition) is 10. The number of aromatic carboxylic acids is 1. The van der Waals surface area contributed by atoms with Gasteiger partial charge in [0, 0.05) is 32.0 Å². The Kier molecular flexibility index (Phi) is 19.1. The molecule has 70 heavy (non-hydrogen) atoms. The normalized spacial score (nSPS) is 12.8. The molecule has 5 amide bonds. The Labute approximate surface area is 423 Å². The second kappa shape index (κ2) is 24.7. The molecule has 0 radical (unpaired) electrons. The summed E-state index contributed by atoms with van der Waals surface area (Å²) in [5.74, 6) is -4.39. The maximum absolute atomic E-state index is 13.4. The second-order valence-corrected chi connectivity index (χ2v) is 18.1. The van der Waals surface area contributed by atoms with Gasteiger partial charge in [0.2, 0.25) is 12.3 Å². The zero-order valence-electron chi connectivity index (χ0n) is 38.5. The third-order valence-electron chi connectivity index (χ3n) is 10.3. The fourth-order valence-electron chi connectivity index (χ4n) is 7.08. The summed E-state index contributed by atoms with van der Waals surface area (Å²) in [7, 11) is 1.64. The topological polar surface area (TPSA) is 206 Å². The number of ether oxygens (including phenoxy) is 2. The summed E-state index contributed by atoms with van der Waals surface area (Å²) in [5.41, 5.74) is 3.67. The van der Waals surface area contributed by atoms with Crippen LogP contribution >= 0.6 is 46.4 Å². The number of rotatable bonds is 17. The largest absolute Gasteiger partial charge is 0.478 e. The third-order valence-corrected chi connectivity index (χ3v) is 11.6. The molecule has 0 fully saturated rings. The number of carboxylic acid groups (broad SMARTS) is 1. The number of carbonyl (C=O) groups is 8. The van der Waals surface area contributed by atoms with Crippen LogP contribution in [-0.2, 0) is 54.5 Å². The molecule has 3 N–H and O–H groups in total. The number of benzene rings is 5. The molecule has 2 atom stereocenters. The Bertz CT molecular complexity index is 2740. The Balaban J connectivity index is 0.000000283. The molecule has 19 heteroatoms. The number of esters is 2. The SMILES string of the molecule is CC(C)OC(=O)[C@H](Cc1ccc(C(=O)O)cc1)NC(=O)c1c(Cl)cccc1Cl.CC(C)OC(=O)[C@H](Cc1ccc(N2C(=O)Cc3ccc(CN(C)C=O)cc3C2=O)cc1)NC(=O)c1c(Cl)cccc1Cl. The molecule has 0 saturated carbocycles. The van der Waals surface area contributed by atoms with Crippen LogP contribution in [0.25, 0.3) is 0 Å². The fraction of sp³-hybridized carbons (Fsp3) is 0.255. The molecule has 15 nitrogen and oxygen atoms in total. The van der Waals surface area contributed by atoms with Crippen LogP contribution in [0.1, 0.15) is 91.4 Å². The van der Waals surface area contributed by atoms with Crippen molar-refractivity contribution in [1.29, 1.82) is 0 Å². The van der Waals surface area contributed by atoms with E-state index >= 15 is 0 Å². The van der Waals surface area contributed by atoms with Crippen LogP contribution in [0, 0.1) is 0 Å². The van der Waals surface area contributed by atoms with Crippen LogP contribution in [0.15, 0.2) is 103 Å². The van der Waals surface area contributed by atoms with Crippen molar-refractivity contribution in [3.63, 3.8) is 0 Å². The van der Waals surface area contributed by atoms with Crippen molar-refractivity contribution in [2.45, 2.75) is 77.8 Å². The van der Waals surface area contributed by atoms with Gasteiger partial charge >= 0.3 is 17.9 Å². The molecule has 0 unspecified atom stereocenters. The lowest BCUT2D eigenvalue weighted by atomic mass is 9.95. The molecule has 1 aliphatic rings. The van der Waals surface area contributed by atoms with E-state index in [2.05, 4.69) is 10.6 Å². The predicted octanol–water partition coefficient (Wildman–Crippen LogP) is 8.59. The number of amides is 5. The smallest absolute Gasteiger partial charge is 0.335 e. The zero-order chi connectivity index (χ0) is 51.4. The highest BCUT2D eigenvalue weighted by atomic mass is 35.5. The summed E-state index contributed by atoms with van der Waals surface area (Å²) < 4.78 is 10.6. The summed E-state index contributed by atoms with van der Waals surface area (Å²) in [6, 6.07) is 25.0. The highest BCUT2D eigenvalue weighted by Crippen LogP contribution is 2.29. The molecule has 0 saturated heterocycles. The first-order chi connectivity index (χ1) is 33.2. The van der Waals surface area contributed by atoms with E-state index in [1.54, 1.807) is 101 Å². The average molecular weight is 1030 g/mol. The van der Waals surface area contributed by atoms with Gasteiger partial charge in [0.1, 0.15) is 12.1 Å². The standard InChI is InChI=1S/C31H29Cl2N3O6.C20H19Cl2NO5/c1-18(2)42-31(41)26(34-29(39)28-24(32)5-4-6-25(28)33)14-19-8-11-22(12-9-19)36-27(38)15-21-10-7-20(16-35(3)17-37)13-23(21)30(36)40;1-11(2)28-20(27)16(10-12-6-8-13(9-7-12)19(25)26)23-18(24)17-14(21)4-3-5-15(17)22/h4-13,17-18,26H,14-16H2,1-3H3,(H,34,39);3-9,11,16H,10H2,1-2H3,(H,23,24)(H,25,26)/t26-;16-/m00/s1. The first-order valence-corrected chi connectivity index (χ1v) is 23.1. The van der Waals surface area contributed by atoms with Crippen molar-refractivity contribution >= 4 is 100 Å². The van der Waals surface area contributed by atoms with Gasteiger partial charge in [0.15, 0.2) is 0 Å². The van der Waals surface area contributed by atoms with Gasteiger partial charge in [-0.05, 0) is 105 Å². The number of fused-ring (bicyclic) bond motifs is 1. The lowest BCUT2D eigenvalue weighted by Gasteiger charge is -2.27.